The van der Waals surface area contributed by atoms with Gasteiger partial charge in [0.05, 0.1) is 35.7 Å². The zero-order valence-corrected chi connectivity index (χ0v) is 19.2. The van der Waals surface area contributed by atoms with Crippen molar-refractivity contribution < 1.29 is 26.8 Å². The van der Waals surface area contributed by atoms with Gasteiger partial charge in [-0.25, -0.2) is 8.42 Å². The molecule has 0 saturated carbocycles. The van der Waals surface area contributed by atoms with Crippen molar-refractivity contribution in [1.82, 2.24) is 14.5 Å². The highest BCUT2D eigenvalue weighted by Crippen LogP contribution is 2.27. The van der Waals surface area contributed by atoms with Gasteiger partial charge in [-0.15, -0.1) is 10.2 Å². The molecule has 0 bridgehead atoms. The molecule has 170 valence electrons. The van der Waals surface area contributed by atoms with Crippen LogP contribution in [0.15, 0.2) is 49.5 Å². The first kappa shape index (κ1) is 22.5. The third-order valence-corrected chi connectivity index (χ3v) is 7.74. The van der Waals surface area contributed by atoms with Crippen molar-refractivity contribution in [2.24, 2.45) is 0 Å². The van der Waals surface area contributed by atoms with Crippen LogP contribution in [-0.4, -0.2) is 60.9 Å². The number of anilines is 1. The molecule has 1 N–H and O–H groups in total. The van der Waals surface area contributed by atoms with Gasteiger partial charge in [-0.1, -0.05) is 17.8 Å². The number of sulfonamides is 1. The number of hydrogen-bond acceptors (Lipinski definition) is 9. The molecule has 1 saturated heterocycles. The van der Waals surface area contributed by atoms with E-state index in [0.29, 0.717) is 54.8 Å². The smallest absolute Gasteiger partial charge is 0.277 e. The first-order chi connectivity index (χ1) is 15.3. The van der Waals surface area contributed by atoms with Gasteiger partial charge in [0.15, 0.2) is 0 Å². The van der Waals surface area contributed by atoms with Gasteiger partial charge >= 0.3 is 0 Å². The number of morpholine rings is 1. The molecule has 32 heavy (non-hydrogen) atoms. The number of hydrogen-bond donors (Lipinski definition) is 1. The lowest BCUT2D eigenvalue weighted by atomic mass is 10.2. The molecule has 0 unspecified atom stereocenters. The summed E-state index contributed by atoms with van der Waals surface area (Å²) in [5.74, 6) is 0.666. The summed E-state index contributed by atoms with van der Waals surface area (Å²) in [4.78, 5) is 12.6. The summed E-state index contributed by atoms with van der Waals surface area (Å²) in [5, 5.41) is 10.9. The van der Waals surface area contributed by atoms with E-state index < -0.39 is 10.0 Å². The number of nitrogens with zero attached hydrogens (tertiary/aromatic N) is 3. The Bertz CT molecular complexity index is 1210. The van der Waals surface area contributed by atoms with Crippen LogP contribution in [0.5, 0.6) is 0 Å². The maximum atomic E-state index is 13.0. The summed E-state index contributed by atoms with van der Waals surface area (Å²) in [5.41, 5.74) is 1.70. The molecule has 1 aromatic carbocycles. The fourth-order valence-corrected chi connectivity index (χ4v) is 5.41. The molecule has 3 heterocycles. The monoisotopic (exact) mass is 478 g/mol. The van der Waals surface area contributed by atoms with Crippen LogP contribution in [0.4, 0.5) is 5.69 Å². The van der Waals surface area contributed by atoms with Crippen molar-refractivity contribution in [3.63, 3.8) is 0 Å². The van der Waals surface area contributed by atoms with Gasteiger partial charge in [0.2, 0.25) is 15.9 Å². The van der Waals surface area contributed by atoms with Crippen LogP contribution in [0.3, 0.4) is 0 Å². The van der Waals surface area contributed by atoms with E-state index >= 15 is 0 Å². The van der Waals surface area contributed by atoms with E-state index in [-0.39, 0.29) is 21.8 Å². The molecule has 0 atom stereocenters. The number of ether oxygens (including phenoxy) is 1. The van der Waals surface area contributed by atoms with Crippen LogP contribution < -0.4 is 5.32 Å². The van der Waals surface area contributed by atoms with Gasteiger partial charge in [-0.05, 0) is 37.6 Å². The van der Waals surface area contributed by atoms with Crippen LogP contribution in [0.1, 0.15) is 11.3 Å². The highest BCUT2D eigenvalue weighted by Gasteiger charge is 2.28. The van der Waals surface area contributed by atoms with Gasteiger partial charge in [0, 0.05) is 18.8 Å². The number of benzene rings is 1. The van der Waals surface area contributed by atoms with Crippen LogP contribution >= 0.6 is 11.8 Å². The van der Waals surface area contributed by atoms with E-state index in [9.17, 15) is 13.2 Å². The van der Waals surface area contributed by atoms with Crippen LogP contribution in [0.25, 0.3) is 11.5 Å². The summed E-state index contributed by atoms with van der Waals surface area (Å²) in [6, 6.07) is 6.55. The highest BCUT2D eigenvalue weighted by atomic mass is 32.2. The van der Waals surface area contributed by atoms with Crippen molar-refractivity contribution in [3.05, 3.63) is 41.9 Å². The molecule has 1 amide bonds. The summed E-state index contributed by atoms with van der Waals surface area (Å²) < 4.78 is 43.4. The van der Waals surface area contributed by atoms with Crippen LogP contribution in [0.2, 0.25) is 0 Å². The standard InChI is InChI=1S/C20H22N4O6S2/c1-13-3-4-15(11-17(13)32(26,27)24-6-9-28-10-7-24)21-18(25)12-31-20-23-22-19(30-20)16-5-8-29-14(16)2/h3-5,8,11H,6-7,9-10,12H2,1-2H3,(H,21,25). The normalized spacial score (nSPS) is 15.1. The zero-order chi connectivity index (χ0) is 22.7. The molecule has 2 aromatic heterocycles. The van der Waals surface area contributed by atoms with Gasteiger partial charge in [-0.3, -0.25) is 4.79 Å². The summed E-state index contributed by atoms with van der Waals surface area (Å²) in [6.45, 7) is 4.85. The lowest BCUT2D eigenvalue weighted by molar-refractivity contribution is -0.113. The SMILES string of the molecule is Cc1ccc(NC(=O)CSc2nnc(-c3ccoc3C)o2)cc1S(=O)(=O)N1CCOCC1. The largest absolute Gasteiger partial charge is 0.469 e. The van der Waals surface area contributed by atoms with Crippen LogP contribution in [0, 0.1) is 13.8 Å². The predicted molar refractivity (Wildman–Crippen MR) is 117 cm³/mol. The molecule has 1 aliphatic rings. The zero-order valence-electron chi connectivity index (χ0n) is 17.5. The quantitative estimate of drug-likeness (QED) is 0.510. The van der Waals surface area contributed by atoms with Gasteiger partial charge in [0.1, 0.15) is 5.76 Å². The fourth-order valence-electron chi connectivity index (χ4n) is 3.19. The molecule has 0 spiro atoms. The molecule has 10 nitrogen and oxygen atoms in total. The second kappa shape index (κ2) is 9.45. The van der Waals surface area contributed by atoms with E-state index in [1.54, 1.807) is 32.0 Å². The van der Waals surface area contributed by atoms with Crippen molar-refractivity contribution in [2.45, 2.75) is 24.0 Å². The molecular weight excluding hydrogens is 456 g/mol. The van der Waals surface area contributed by atoms with Crippen LogP contribution in [-0.2, 0) is 19.6 Å². The molecule has 1 fully saturated rings. The summed E-state index contributed by atoms with van der Waals surface area (Å²) in [6.07, 6.45) is 1.53. The first-order valence-corrected chi connectivity index (χ1v) is 12.3. The Morgan fingerprint density at radius 2 is 1.97 bits per heavy atom. The van der Waals surface area contributed by atoms with Crippen molar-refractivity contribution in [3.8, 4) is 11.5 Å². The molecule has 3 aromatic rings. The second-order valence-corrected chi connectivity index (χ2v) is 9.93. The maximum absolute atomic E-state index is 13.0. The number of aryl methyl sites for hydroxylation is 2. The Morgan fingerprint density at radius 3 is 2.69 bits per heavy atom. The summed E-state index contributed by atoms with van der Waals surface area (Å²) in [7, 11) is -3.67. The second-order valence-electron chi connectivity index (χ2n) is 7.10. The fraction of sp³-hybridized carbons (Fsp3) is 0.350. The topological polar surface area (TPSA) is 128 Å². The molecular formula is C20H22N4O6S2. The molecule has 12 heteroatoms. The third-order valence-electron chi connectivity index (χ3n) is 4.88. The van der Waals surface area contributed by atoms with Crippen molar-refractivity contribution >= 4 is 33.4 Å². The van der Waals surface area contributed by atoms with E-state index in [2.05, 4.69) is 15.5 Å². The predicted octanol–water partition coefficient (Wildman–Crippen LogP) is 2.70. The number of furan rings is 1. The van der Waals surface area contributed by atoms with E-state index in [1.165, 1.54) is 16.6 Å². The number of aromatic nitrogens is 2. The van der Waals surface area contributed by atoms with Gasteiger partial charge in [-0.2, -0.15) is 4.31 Å². The molecule has 1 aliphatic heterocycles. The number of rotatable bonds is 7. The first-order valence-electron chi connectivity index (χ1n) is 9.84. The number of carbonyl (C=O) groups excluding carboxylic acids is 1. The Balaban J connectivity index is 1.40. The Morgan fingerprint density at radius 1 is 1.19 bits per heavy atom. The minimum absolute atomic E-state index is 0.0193. The number of thioether (sulfide) groups is 1. The lowest BCUT2D eigenvalue weighted by Crippen LogP contribution is -2.40. The van der Waals surface area contributed by atoms with Gasteiger partial charge in [0.25, 0.3) is 11.1 Å². The average Bonchev–Trinajstić information content (AvgIpc) is 3.42. The van der Waals surface area contributed by atoms with E-state index in [1.807, 2.05) is 0 Å². The number of carbonyl (C=O) groups is 1. The third kappa shape index (κ3) is 4.88. The average molecular weight is 479 g/mol. The highest BCUT2D eigenvalue weighted by molar-refractivity contribution is 7.99. The van der Waals surface area contributed by atoms with E-state index in [0.717, 1.165) is 11.8 Å². The number of amides is 1. The van der Waals surface area contributed by atoms with Crippen molar-refractivity contribution in [2.75, 3.05) is 37.4 Å². The Hall–Kier alpha value is -2.67. The molecule has 4 rings (SSSR count). The lowest BCUT2D eigenvalue weighted by Gasteiger charge is -2.26. The molecule has 0 aliphatic carbocycles. The van der Waals surface area contributed by atoms with Gasteiger partial charge < -0.3 is 18.9 Å². The minimum atomic E-state index is -3.67. The maximum Gasteiger partial charge on any atom is 0.277 e. The summed E-state index contributed by atoms with van der Waals surface area (Å²) >= 11 is 1.08. The Labute approximate surface area is 189 Å². The van der Waals surface area contributed by atoms with Crippen molar-refractivity contribution in [1.29, 1.82) is 0 Å². The Kier molecular flexibility index (Phi) is 6.65. The minimum Gasteiger partial charge on any atom is -0.469 e. The molecule has 0 radical (unpaired) electrons. The number of nitrogens with one attached hydrogen (secondary N) is 1. The van der Waals surface area contributed by atoms with E-state index in [4.69, 9.17) is 13.6 Å².